The van der Waals surface area contributed by atoms with Crippen molar-refractivity contribution < 1.29 is 42.7 Å². The van der Waals surface area contributed by atoms with Crippen LogP contribution in [0, 0.1) is 0 Å². The van der Waals surface area contributed by atoms with Crippen LogP contribution in [0.25, 0.3) is 11.2 Å². The van der Waals surface area contributed by atoms with Gasteiger partial charge in [0.15, 0.2) is 22.5 Å². The fourth-order valence-corrected chi connectivity index (χ4v) is 7.40. The number of nitrogens with zero attached hydrogens (tertiary/aromatic N) is 3. The van der Waals surface area contributed by atoms with Crippen molar-refractivity contribution in [1.29, 1.82) is 0 Å². The van der Waals surface area contributed by atoms with Crippen molar-refractivity contribution in [2.24, 2.45) is 0 Å². The number of phosphoric acid groups is 1. The molecular formula is C27H43ClN7O10PS. The zero-order chi connectivity index (χ0) is 34.4. The number of aliphatic hydroxyl groups is 1. The predicted molar refractivity (Wildman–Crippen MR) is 173 cm³/mol. The van der Waals surface area contributed by atoms with Crippen molar-refractivity contribution in [1.82, 2.24) is 30.2 Å². The number of aliphatic hydroxyl groups excluding tert-OH is 1. The van der Waals surface area contributed by atoms with Crippen molar-refractivity contribution in [3.8, 4) is 0 Å². The van der Waals surface area contributed by atoms with E-state index in [2.05, 4.69) is 25.6 Å². The van der Waals surface area contributed by atoms with Gasteiger partial charge in [-0.2, -0.15) is 4.98 Å². The van der Waals surface area contributed by atoms with E-state index < -0.39 is 61.3 Å². The van der Waals surface area contributed by atoms with Gasteiger partial charge < -0.3 is 35.8 Å². The van der Waals surface area contributed by atoms with Crippen LogP contribution in [0.3, 0.4) is 0 Å². The second-order valence-electron chi connectivity index (χ2n) is 11.7. The number of aromatic nitrogens is 4. The monoisotopic (exact) mass is 723 g/mol. The van der Waals surface area contributed by atoms with E-state index in [0.717, 1.165) is 37.4 Å². The summed E-state index contributed by atoms with van der Waals surface area (Å²) in [4.78, 5) is 59.2. The molecule has 7 atom stereocenters. The standard InChI is InChI=1S/C27H43ClN7O10PS/c1-4-27(3,9-12-42-11-8-6-5-7-10-28)34-22(38)16(30-15(2)36)14-47-26-31-18-21(32-25(29)33-23(18)39)35(26)24-19(37)20-17(44-24)13-43-46(40,41)45-20/h16-17,19-20,24,37H,4-14H2,1-3H3,(H,30,36)(H,34,38)(H,40,41)(H3,29,32,33,39). The summed E-state index contributed by atoms with van der Waals surface area (Å²) in [5, 5.41) is 16.9. The van der Waals surface area contributed by atoms with Crippen molar-refractivity contribution in [3.63, 3.8) is 0 Å². The van der Waals surface area contributed by atoms with Gasteiger partial charge in [-0.15, -0.1) is 11.6 Å². The number of fused-ring (bicyclic) bond motifs is 2. The summed E-state index contributed by atoms with van der Waals surface area (Å²) < 4.78 is 35.0. The highest BCUT2D eigenvalue weighted by molar-refractivity contribution is 7.99. The summed E-state index contributed by atoms with van der Waals surface area (Å²) in [6, 6.07) is -1.02. The van der Waals surface area contributed by atoms with Gasteiger partial charge in [0.2, 0.25) is 17.8 Å². The number of carbonyl (C=O) groups excluding carboxylic acids is 2. The molecule has 7 unspecified atom stereocenters. The number of thioether (sulfide) groups is 1. The Balaban J connectivity index is 1.50. The van der Waals surface area contributed by atoms with Gasteiger partial charge in [-0.25, -0.2) is 9.55 Å². The molecular weight excluding hydrogens is 681 g/mol. The molecule has 2 amide bonds. The number of anilines is 1. The zero-order valence-electron chi connectivity index (χ0n) is 26.5. The first-order chi connectivity index (χ1) is 22.3. The maximum Gasteiger partial charge on any atom is 0.472 e. The van der Waals surface area contributed by atoms with Crippen molar-refractivity contribution >= 4 is 60.1 Å². The van der Waals surface area contributed by atoms with Gasteiger partial charge in [0.05, 0.1) is 6.61 Å². The number of imidazole rings is 1. The van der Waals surface area contributed by atoms with Crippen LogP contribution in [0.1, 0.15) is 65.5 Å². The van der Waals surface area contributed by atoms with E-state index in [-0.39, 0.29) is 34.6 Å². The first kappa shape index (κ1) is 37.5. The molecule has 0 bridgehead atoms. The molecule has 0 radical (unpaired) electrons. The molecule has 2 aromatic heterocycles. The second-order valence-corrected chi connectivity index (χ2v) is 14.5. The molecule has 2 aliphatic rings. The Morgan fingerprint density at radius 3 is 2.74 bits per heavy atom. The van der Waals surface area contributed by atoms with Crippen LogP contribution in [-0.2, 0) is 32.7 Å². The lowest BCUT2D eigenvalue weighted by molar-refractivity contribution is -0.128. The Morgan fingerprint density at radius 1 is 1.30 bits per heavy atom. The summed E-state index contributed by atoms with van der Waals surface area (Å²) in [6.07, 6.45) is 0.210. The van der Waals surface area contributed by atoms with Crippen molar-refractivity contribution in [2.45, 2.75) is 101 Å². The Hall–Kier alpha value is -2.28. The fourth-order valence-electron chi connectivity index (χ4n) is 5.21. The third-order valence-corrected chi connectivity index (χ3v) is 10.3. The number of nitrogens with two attached hydrogens (primary N) is 1. The lowest BCUT2D eigenvalue weighted by Crippen LogP contribution is -2.55. The van der Waals surface area contributed by atoms with Crippen molar-refractivity contribution in [3.05, 3.63) is 10.4 Å². The molecule has 7 N–H and O–H groups in total. The summed E-state index contributed by atoms with van der Waals surface area (Å²) >= 11 is 6.71. The summed E-state index contributed by atoms with van der Waals surface area (Å²) in [7, 11) is -4.42. The van der Waals surface area contributed by atoms with Gasteiger partial charge in [-0.3, -0.25) is 33.0 Å². The Kier molecular flexibility index (Phi) is 13.1. The first-order valence-corrected chi connectivity index (χ1v) is 18.4. The number of amides is 2. The van der Waals surface area contributed by atoms with Crippen LogP contribution in [0.15, 0.2) is 9.95 Å². The molecule has 0 aromatic carbocycles. The Bertz CT molecular complexity index is 1510. The molecule has 2 saturated heterocycles. The summed E-state index contributed by atoms with van der Waals surface area (Å²) in [5.41, 5.74) is 4.36. The number of hydrogen-bond donors (Lipinski definition) is 6. The Labute approximate surface area is 280 Å². The topological polar surface area (TPSA) is 242 Å². The van der Waals surface area contributed by atoms with Crippen LogP contribution in [-0.4, -0.2) is 103 Å². The number of hydrogen-bond acceptors (Lipinski definition) is 13. The number of unbranched alkanes of at least 4 members (excludes halogenated alkanes) is 3. The van der Waals surface area contributed by atoms with Crippen LogP contribution in [0.2, 0.25) is 0 Å². The Morgan fingerprint density at radius 2 is 2.04 bits per heavy atom. The van der Waals surface area contributed by atoms with E-state index in [1.54, 1.807) is 0 Å². The molecule has 0 spiro atoms. The molecule has 4 rings (SSSR count). The molecule has 4 heterocycles. The average Bonchev–Trinajstić information content (AvgIpc) is 3.52. The maximum absolute atomic E-state index is 13.6. The van der Waals surface area contributed by atoms with E-state index >= 15 is 0 Å². The van der Waals surface area contributed by atoms with Crippen LogP contribution in [0.4, 0.5) is 5.95 Å². The van der Waals surface area contributed by atoms with Gasteiger partial charge >= 0.3 is 7.82 Å². The van der Waals surface area contributed by atoms with Crippen LogP contribution >= 0.6 is 31.2 Å². The van der Waals surface area contributed by atoms with E-state index in [9.17, 15) is 28.9 Å². The largest absolute Gasteiger partial charge is 0.472 e. The van der Waals surface area contributed by atoms with E-state index in [0.29, 0.717) is 31.9 Å². The predicted octanol–water partition coefficient (Wildman–Crippen LogP) is 1.56. The van der Waals surface area contributed by atoms with E-state index in [1.807, 2.05) is 13.8 Å². The van der Waals surface area contributed by atoms with E-state index in [4.69, 9.17) is 35.9 Å². The number of nitrogen functional groups attached to an aromatic ring is 1. The van der Waals surface area contributed by atoms with Gasteiger partial charge in [-0.1, -0.05) is 31.5 Å². The highest BCUT2D eigenvalue weighted by Crippen LogP contribution is 2.53. The lowest BCUT2D eigenvalue weighted by atomic mass is 9.94. The molecule has 264 valence electrons. The molecule has 20 heteroatoms. The average molecular weight is 724 g/mol. The first-order valence-electron chi connectivity index (χ1n) is 15.4. The number of phosphoric ester groups is 1. The van der Waals surface area contributed by atoms with Crippen molar-refractivity contribution in [2.75, 3.05) is 37.2 Å². The molecule has 0 saturated carbocycles. The molecule has 17 nitrogen and oxygen atoms in total. The SMILES string of the molecule is CCC(C)(CCOCCCCCCCl)NC(=O)C(CSc1nc2c(=O)[nH]c(N)nc2n1C1OC2COP(=O)(O)OC2C1O)NC(C)=O. The van der Waals surface area contributed by atoms with Gasteiger partial charge in [0.25, 0.3) is 5.56 Å². The summed E-state index contributed by atoms with van der Waals surface area (Å²) in [6.45, 7) is 5.87. The zero-order valence-corrected chi connectivity index (χ0v) is 28.9. The number of ether oxygens (including phenoxy) is 2. The molecule has 2 aliphatic heterocycles. The number of halogens is 1. The smallest absolute Gasteiger partial charge is 0.386 e. The molecule has 47 heavy (non-hydrogen) atoms. The third kappa shape index (κ3) is 9.67. The molecule has 0 aliphatic carbocycles. The summed E-state index contributed by atoms with van der Waals surface area (Å²) in [5.74, 6) is -0.491. The number of carbonyl (C=O) groups is 2. The van der Waals surface area contributed by atoms with Gasteiger partial charge in [-0.05, 0) is 32.6 Å². The van der Waals surface area contributed by atoms with Crippen LogP contribution < -0.4 is 21.9 Å². The fraction of sp³-hybridized carbons (Fsp3) is 0.741. The minimum atomic E-state index is -4.42. The second kappa shape index (κ2) is 16.4. The highest BCUT2D eigenvalue weighted by Gasteiger charge is 2.53. The third-order valence-electron chi connectivity index (χ3n) is 8.01. The maximum atomic E-state index is 13.6. The number of rotatable bonds is 17. The van der Waals surface area contributed by atoms with Gasteiger partial charge in [0.1, 0.15) is 24.4 Å². The molecule has 2 fully saturated rings. The normalized spacial score (nSPS) is 26.1. The number of alkyl halides is 1. The minimum absolute atomic E-state index is 0.0392. The quantitative estimate of drug-likeness (QED) is 0.0588. The number of H-pyrrole nitrogens is 1. The number of aromatic amines is 1. The number of nitrogens with one attached hydrogen (secondary N) is 3. The molecule has 2 aromatic rings. The minimum Gasteiger partial charge on any atom is -0.386 e. The van der Waals surface area contributed by atoms with Crippen LogP contribution in [0.5, 0.6) is 0 Å². The van der Waals surface area contributed by atoms with E-state index in [1.165, 1.54) is 11.5 Å². The lowest BCUT2D eigenvalue weighted by Gasteiger charge is -2.32. The highest BCUT2D eigenvalue weighted by atomic mass is 35.5. The van der Waals surface area contributed by atoms with Gasteiger partial charge in [0, 0.05) is 37.3 Å².